The molecule has 230 valence electrons. The number of thiophene rings is 1. The predicted molar refractivity (Wildman–Crippen MR) is 157 cm³/mol. The largest absolute Gasteiger partial charge is 0.420 e. The first-order valence-electron chi connectivity index (χ1n) is 14.5. The average Bonchev–Trinajstić information content (AvgIpc) is 3.30. The lowest BCUT2D eigenvalue weighted by molar-refractivity contribution is -0.137. The van der Waals surface area contributed by atoms with Gasteiger partial charge in [0.05, 0.1) is 39.3 Å². The van der Waals surface area contributed by atoms with Crippen molar-refractivity contribution in [2.24, 2.45) is 0 Å². The van der Waals surface area contributed by atoms with E-state index >= 15 is 0 Å². The highest BCUT2D eigenvalue weighted by molar-refractivity contribution is 7.91. The monoisotopic (exact) mass is 635 g/mol. The van der Waals surface area contributed by atoms with Gasteiger partial charge in [0.15, 0.2) is 9.84 Å². The van der Waals surface area contributed by atoms with E-state index in [1.165, 1.54) is 6.07 Å². The minimum absolute atomic E-state index is 0.00541. The molecule has 2 aromatic heterocycles. The number of aromatic nitrogens is 2. The van der Waals surface area contributed by atoms with E-state index in [9.17, 15) is 26.7 Å². The van der Waals surface area contributed by atoms with E-state index in [2.05, 4.69) is 31.2 Å². The van der Waals surface area contributed by atoms with Gasteiger partial charge in [0.25, 0.3) is 0 Å². The molecule has 14 heteroatoms. The van der Waals surface area contributed by atoms with Crippen molar-refractivity contribution in [2.75, 3.05) is 48.8 Å². The zero-order valence-corrected chi connectivity index (χ0v) is 25.2. The number of anilines is 3. The van der Waals surface area contributed by atoms with E-state index in [0.29, 0.717) is 48.5 Å². The first kappa shape index (κ1) is 29.0. The number of ether oxygens (including phenoxy) is 1. The summed E-state index contributed by atoms with van der Waals surface area (Å²) in [4.78, 5) is 13.7. The van der Waals surface area contributed by atoms with Crippen molar-refractivity contribution in [1.29, 1.82) is 0 Å². The summed E-state index contributed by atoms with van der Waals surface area (Å²) in [5.41, 5.74) is 0.632. The van der Waals surface area contributed by atoms with Crippen molar-refractivity contribution < 1.29 is 31.4 Å². The number of piperazine rings is 1. The van der Waals surface area contributed by atoms with Gasteiger partial charge in [0.2, 0.25) is 5.95 Å². The van der Waals surface area contributed by atoms with Gasteiger partial charge in [0.1, 0.15) is 11.2 Å². The number of aliphatic hydroxyl groups excluding tert-OH is 1. The van der Waals surface area contributed by atoms with Crippen LogP contribution in [0.5, 0.6) is 0 Å². The van der Waals surface area contributed by atoms with E-state index in [0.717, 1.165) is 48.3 Å². The number of aliphatic hydroxyl groups is 1. The molecule has 2 saturated heterocycles. The fraction of sp³-hybridized carbons (Fsp3) is 0.517. The summed E-state index contributed by atoms with van der Waals surface area (Å²) in [6, 6.07) is 8.12. The van der Waals surface area contributed by atoms with Gasteiger partial charge in [-0.25, -0.2) is 18.4 Å². The first-order valence-corrected chi connectivity index (χ1v) is 17.0. The molecule has 2 N–H and O–H groups in total. The Morgan fingerprint density at radius 3 is 2.70 bits per heavy atom. The van der Waals surface area contributed by atoms with E-state index in [4.69, 9.17) is 4.74 Å². The summed E-state index contributed by atoms with van der Waals surface area (Å²) in [5, 5.41) is 12.5. The second-order valence-corrected chi connectivity index (χ2v) is 14.8. The summed E-state index contributed by atoms with van der Waals surface area (Å²) < 4.78 is 74.2. The number of likely N-dealkylation sites (tertiary alicyclic amines) is 1. The van der Waals surface area contributed by atoms with Crippen molar-refractivity contribution in [3.8, 4) is 10.6 Å². The quantitative estimate of drug-likeness (QED) is 0.386. The lowest BCUT2D eigenvalue weighted by atomic mass is 10.1. The maximum atomic E-state index is 14.1. The summed E-state index contributed by atoms with van der Waals surface area (Å²) in [6.07, 6.45) is -0.974. The molecule has 1 spiro atoms. The molecular formula is C29H32F3N5O4S2. The number of β-amino-alcohol motifs (C(OH)–C–C–N with tert-alkyl or cyclic N) is 1. The molecule has 1 saturated carbocycles. The Balaban J connectivity index is 1.20. The summed E-state index contributed by atoms with van der Waals surface area (Å²) in [7, 11) is -3.71. The standard InChI is InChI=1S/C29H32F3N5O4S2/c1-2-17-11-18(37-16-19-12-20(37)15-36(19)7-8-38)3-4-22(17)34-27-33-14-21(29(30,31)32)25(35-27)23-13-24-26(42-23)28(5-6-28)41-9-10-43(24,39)40/h3-4,11,13-14,19-20,38H,2,5-10,12,15-16H2,1H3,(H,33,34,35)/t19-,20-/m1/s1. The van der Waals surface area contributed by atoms with Crippen LogP contribution in [0.3, 0.4) is 0 Å². The van der Waals surface area contributed by atoms with Crippen molar-refractivity contribution in [2.45, 2.75) is 61.4 Å². The van der Waals surface area contributed by atoms with Crippen molar-refractivity contribution in [3.63, 3.8) is 0 Å². The summed E-state index contributed by atoms with van der Waals surface area (Å²) >= 11 is 1.01. The fourth-order valence-electron chi connectivity index (χ4n) is 6.65. The van der Waals surface area contributed by atoms with Gasteiger partial charge in [-0.2, -0.15) is 13.2 Å². The van der Waals surface area contributed by atoms with Gasteiger partial charge >= 0.3 is 6.18 Å². The number of hydrogen-bond acceptors (Lipinski definition) is 10. The van der Waals surface area contributed by atoms with E-state index in [1.54, 1.807) is 0 Å². The number of sulfone groups is 1. The van der Waals surface area contributed by atoms with Crippen LogP contribution in [0.4, 0.5) is 30.5 Å². The third-order valence-electron chi connectivity index (χ3n) is 9.00. The van der Waals surface area contributed by atoms with Crippen LogP contribution in [0.25, 0.3) is 10.6 Å². The average molecular weight is 636 g/mol. The van der Waals surface area contributed by atoms with E-state index in [1.807, 2.05) is 19.1 Å². The normalized spacial score (nSPS) is 23.9. The molecule has 9 nitrogen and oxygen atoms in total. The number of nitrogens with one attached hydrogen (secondary N) is 1. The molecule has 43 heavy (non-hydrogen) atoms. The third kappa shape index (κ3) is 5.10. The number of aryl methyl sites for hydroxylation is 1. The Kier molecular flexibility index (Phi) is 7.00. The fourth-order valence-corrected chi connectivity index (χ4v) is 9.77. The Labute approximate surface area is 251 Å². The lowest BCUT2D eigenvalue weighted by Gasteiger charge is -2.35. The molecule has 0 amide bonds. The maximum Gasteiger partial charge on any atom is 0.420 e. The molecule has 3 aromatic rings. The molecule has 1 aliphatic carbocycles. The van der Waals surface area contributed by atoms with Crippen LogP contribution in [-0.4, -0.2) is 79.1 Å². The summed E-state index contributed by atoms with van der Waals surface area (Å²) in [6.45, 7) is 4.71. The van der Waals surface area contributed by atoms with Crippen LogP contribution in [0.15, 0.2) is 35.4 Å². The van der Waals surface area contributed by atoms with Crippen molar-refractivity contribution in [1.82, 2.24) is 14.9 Å². The zero-order chi connectivity index (χ0) is 30.1. The van der Waals surface area contributed by atoms with Crippen molar-refractivity contribution in [3.05, 3.63) is 46.5 Å². The third-order valence-corrected chi connectivity index (χ3v) is 12.2. The Hall–Kier alpha value is -2.78. The number of alkyl halides is 3. The number of rotatable bonds is 7. The van der Waals surface area contributed by atoms with Crippen LogP contribution in [0.2, 0.25) is 0 Å². The second-order valence-electron chi connectivity index (χ2n) is 11.7. The lowest BCUT2D eigenvalue weighted by Crippen LogP contribution is -2.47. The zero-order valence-electron chi connectivity index (χ0n) is 23.5. The second kappa shape index (κ2) is 10.4. The smallest absolute Gasteiger partial charge is 0.395 e. The Morgan fingerprint density at radius 1 is 1.21 bits per heavy atom. The van der Waals surface area contributed by atoms with Crippen LogP contribution in [0.1, 0.15) is 42.2 Å². The highest BCUT2D eigenvalue weighted by Gasteiger charge is 2.52. The van der Waals surface area contributed by atoms with Gasteiger partial charge in [-0.1, -0.05) is 6.92 Å². The molecule has 7 rings (SSSR count). The minimum atomic E-state index is -4.74. The SMILES string of the molecule is CCc1cc(N2C[C@H]3C[C@@H]2CN3CCO)ccc1Nc1ncc(C(F)(F)F)c(-c2cc3c(s2)C2(CC2)OCCS3(=O)=O)n1. The van der Waals surface area contributed by atoms with Crippen LogP contribution in [0, 0.1) is 0 Å². The molecule has 0 unspecified atom stereocenters. The predicted octanol–water partition coefficient (Wildman–Crippen LogP) is 4.58. The molecular weight excluding hydrogens is 603 g/mol. The number of nitrogens with zero attached hydrogens (tertiary/aromatic N) is 4. The number of halogens is 3. The van der Waals surface area contributed by atoms with Crippen LogP contribution < -0.4 is 10.2 Å². The summed E-state index contributed by atoms with van der Waals surface area (Å²) in [5.74, 6) is -0.218. The van der Waals surface area contributed by atoms with Crippen LogP contribution >= 0.6 is 11.3 Å². The molecule has 2 atom stereocenters. The first-order chi connectivity index (χ1) is 20.5. The topological polar surface area (TPSA) is 108 Å². The molecule has 3 fully saturated rings. The van der Waals surface area contributed by atoms with Gasteiger partial charge in [0, 0.05) is 49.3 Å². The maximum absolute atomic E-state index is 14.1. The van der Waals surface area contributed by atoms with Gasteiger partial charge in [-0.3, -0.25) is 4.90 Å². The highest BCUT2D eigenvalue weighted by atomic mass is 32.2. The molecule has 2 bridgehead atoms. The Bertz CT molecular complexity index is 1670. The molecule has 0 radical (unpaired) electrons. The van der Waals surface area contributed by atoms with Crippen molar-refractivity contribution >= 4 is 38.5 Å². The number of benzene rings is 1. The van der Waals surface area contributed by atoms with Gasteiger partial charge < -0.3 is 20.1 Å². The molecule has 4 aliphatic rings. The van der Waals surface area contributed by atoms with E-state index < -0.39 is 27.2 Å². The number of hydrogen-bond donors (Lipinski definition) is 2. The molecule has 1 aromatic carbocycles. The highest BCUT2D eigenvalue weighted by Crippen LogP contribution is 2.56. The van der Waals surface area contributed by atoms with E-state index in [-0.39, 0.29) is 40.4 Å². The number of fused-ring (bicyclic) bond motifs is 4. The minimum Gasteiger partial charge on any atom is -0.395 e. The van der Waals surface area contributed by atoms with Gasteiger partial charge in [-0.15, -0.1) is 11.3 Å². The molecule has 5 heterocycles. The Morgan fingerprint density at radius 2 is 2.02 bits per heavy atom. The van der Waals surface area contributed by atoms with Crippen LogP contribution in [-0.2, 0) is 32.8 Å². The van der Waals surface area contributed by atoms with Gasteiger partial charge in [-0.05, 0) is 55.5 Å². The molecule has 3 aliphatic heterocycles.